The quantitative estimate of drug-likeness (QED) is 0.767. The highest BCUT2D eigenvalue weighted by molar-refractivity contribution is 6.32. The summed E-state index contributed by atoms with van der Waals surface area (Å²) in [5.74, 6) is 0.109. The molecule has 2 amide bonds. The second-order valence-corrected chi connectivity index (χ2v) is 7.85. The maximum absolute atomic E-state index is 12.9. The number of hydrogen-bond donors (Lipinski definition) is 0. The van der Waals surface area contributed by atoms with E-state index in [0.29, 0.717) is 56.7 Å². The monoisotopic (exact) mass is 416 g/mol. The van der Waals surface area contributed by atoms with E-state index in [-0.39, 0.29) is 17.7 Å². The Labute approximate surface area is 175 Å². The van der Waals surface area contributed by atoms with Gasteiger partial charge in [-0.05, 0) is 18.4 Å². The molecule has 1 aromatic carbocycles. The third-order valence-corrected chi connectivity index (χ3v) is 6.03. The molecule has 2 aliphatic heterocycles. The molecule has 2 aliphatic rings. The molecule has 0 atom stereocenters. The lowest BCUT2D eigenvalue weighted by molar-refractivity contribution is -0.140. The van der Waals surface area contributed by atoms with Gasteiger partial charge in [-0.2, -0.15) is 5.10 Å². The normalized spacial score (nSPS) is 18.1. The molecule has 7 nitrogen and oxygen atoms in total. The number of aromatic nitrogens is 2. The van der Waals surface area contributed by atoms with Gasteiger partial charge < -0.3 is 14.5 Å². The fraction of sp³-hybridized carbons (Fsp3) is 0.476. The van der Waals surface area contributed by atoms with E-state index in [1.54, 1.807) is 9.58 Å². The van der Waals surface area contributed by atoms with Gasteiger partial charge in [0.15, 0.2) is 0 Å². The zero-order valence-corrected chi connectivity index (χ0v) is 17.1. The molecule has 2 saturated heterocycles. The molecule has 29 heavy (non-hydrogen) atoms. The predicted octanol–water partition coefficient (Wildman–Crippen LogP) is 2.30. The van der Waals surface area contributed by atoms with E-state index in [1.165, 1.54) is 6.20 Å². The molecule has 154 valence electrons. The molecule has 4 rings (SSSR count). The topological polar surface area (TPSA) is 67.7 Å². The van der Waals surface area contributed by atoms with Crippen LogP contribution in [0.4, 0.5) is 0 Å². The largest absolute Gasteiger partial charge is 0.381 e. The molecular weight excluding hydrogens is 392 g/mol. The summed E-state index contributed by atoms with van der Waals surface area (Å²) < 4.78 is 6.98. The van der Waals surface area contributed by atoms with Gasteiger partial charge in [0.2, 0.25) is 5.91 Å². The van der Waals surface area contributed by atoms with Crippen molar-refractivity contribution >= 4 is 23.4 Å². The number of carbonyl (C=O) groups is 2. The molecule has 0 radical (unpaired) electrons. The fourth-order valence-corrected chi connectivity index (χ4v) is 4.12. The first kappa shape index (κ1) is 19.9. The Morgan fingerprint density at radius 1 is 1.03 bits per heavy atom. The Balaban J connectivity index is 1.35. The van der Waals surface area contributed by atoms with E-state index in [1.807, 2.05) is 35.2 Å². The van der Waals surface area contributed by atoms with Crippen molar-refractivity contribution < 1.29 is 14.3 Å². The molecule has 0 aliphatic carbocycles. The van der Waals surface area contributed by atoms with Crippen molar-refractivity contribution in [2.75, 3.05) is 39.4 Å². The molecule has 1 aromatic heterocycles. The standard InChI is InChI=1S/C21H25ClN4O3/c22-19-18(14-23-26(19)15-16-4-2-1-3-5-16)21(28)25-10-8-24(9-11-25)20(27)17-6-12-29-13-7-17/h1-5,14,17H,6-13,15H2. The third-order valence-electron chi connectivity index (χ3n) is 5.63. The van der Waals surface area contributed by atoms with E-state index < -0.39 is 0 Å². The summed E-state index contributed by atoms with van der Waals surface area (Å²) in [5.41, 5.74) is 1.48. The maximum Gasteiger partial charge on any atom is 0.258 e. The first-order chi connectivity index (χ1) is 14.1. The predicted molar refractivity (Wildman–Crippen MR) is 109 cm³/mol. The van der Waals surface area contributed by atoms with Crippen LogP contribution in [0, 0.1) is 5.92 Å². The van der Waals surface area contributed by atoms with E-state index in [2.05, 4.69) is 5.10 Å². The van der Waals surface area contributed by atoms with E-state index in [4.69, 9.17) is 16.3 Å². The lowest BCUT2D eigenvalue weighted by atomic mass is 9.98. The van der Waals surface area contributed by atoms with Gasteiger partial charge >= 0.3 is 0 Å². The van der Waals surface area contributed by atoms with Crippen LogP contribution in [0.2, 0.25) is 5.15 Å². The van der Waals surface area contributed by atoms with Crippen LogP contribution in [0.3, 0.4) is 0 Å². The van der Waals surface area contributed by atoms with E-state index >= 15 is 0 Å². The summed E-state index contributed by atoms with van der Waals surface area (Å²) in [7, 11) is 0. The number of hydrogen-bond acceptors (Lipinski definition) is 4. The van der Waals surface area contributed by atoms with Crippen LogP contribution in [0.25, 0.3) is 0 Å². The van der Waals surface area contributed by atoms with Crippen molar-refractivity contribution in [3.8, 4) is 0 Å². The second-order valence-electron chi connectivity index (χ2n) is 7.50. The number of halogens is 1. The number of rotatable bonds is 4. The average Bonchev–Trinajstić information content (AvgIpc) is 3.14. The minimum atomic E-state index is -0.132. The van der Waals surface area contributed by atoms with Crippen molar-refractivity contribution in [3.63, 3.8) is 0 Å². The molecule has 0 saturated carbocycles. The van der Waals surface area contributed by atoms with Crippen LogP contribution in [0.5, 0.6) is 0 Å². The number of amides is 2. The summed E-state index contributed by atoms with van der Waals surface area (Å²) in [5, 5.41) is 4.64. The Bertz CT molecular complexity index is 856. The van der Waals surface area contributed by atoms with Gasteiger partial charge in [0, 0.05) is 45.3 Å². The second kappa shape index (κ2) is 8.97. The van der Waals surface area contributed by atoms with E-state index in [9.17, 15) is 9.59 Å². The van der Waals surface area contributed by atoms with Gasteiger partial charge in [-0.1, -0.05) is 41.9 Å². The molecule has 3 heterocycles. The van der Waals surface area contributed by atoms with Crippen LogP contribution in [-0.4, -0.2) is 70.8 Å². The van der Waals surface area contributed by atoms with E-state index in [0.717, 1.165) is 18.4 Å². The number of benzene rings is 1. The first-order valence-electron chi connectivity index (χ1n) is 10.0. The van der Waals surface area contributed by atoms with Crippen LogP contribution in [0.15, 0.2) is 36.5 Å². The minimum Gasteiger partial charge on any atom is -0.381 e. The zero-order valence-electron chi connectivity index (χ0n) is 16.3. The number of nitrogens with zero attached hydrogens (tertiary/aromatic N) is 4. The van der Waals surface area contributed by atoms with Crippen molar-refractivity contribution in [3.05, 3.63) is 52.8 Å². The van der Waals surface area contributed by atoms with Crippen molar-refractivity contribution in [2.24, 2.45) is 5.92 Å². The zero-order chi connectivity index (χ0) is 20.2. The van der Waals surface area contributed by atoms with Gasteiger partial charge in [0.1, 0.15) is 5.15 Å². The third kappa shape index (κ3) is 4.46. The first-order valence-corrected chi connectivity index (χ1v) is 10.4. The minimum absolute atomic E-state index is 0.0525. The number of carbonyl (C=O) groups excluding carboxylic acids is 2. The summed E-state index contributed by atoms with van der Waals surface area (Å²) in [4.78, 5) is 29.2. The fourth-order valence-electron chi connectivity index (χ4n) is 3.88. The van der Waals surface area contributed by atoms with Crippen LogP contribution < -0.4 is 0 Å². The highest BCUT2D eigenvalue weighted by Crippen LogP contribution is 2.22. The lowest BCUT2D eigenvalue weighted by Crippen LogP contribution is -2.52. The molecular formula is C21H25ClN4O3. The molecule has 0 unspecified atom stereocenters. The smallest absolute Gasteiger partial charge is 0.258 e. The summed E-state index contributed by atoms with van der Waals surface area (Å²) in [6, 6.07) is 9.86. The molecule has 0 bridgehead atoms. The highest BCUT2D eigenvalue weighted by atomic mass is 35.5. The Kier molecular flexibility index (Phi) is 6.16. The van der Waals surface area contributed by atoms with Gasteiger partial charge in [-0.25, -0.2) is 4.68 Å². The SMILES string of the molecule is O=C(c1cnn(Cc2ccccc2)c1Cl)N1CCN(C(=O)C2CCOCC2)CC1. The molecule has 2 fully saturated rings. The lowest BCUT2D eigenvalue weighted by Gasteiger charge is -2.37. The van der Waals surface area contributed by atoms with Crippen LogP contribution in [-0.2, 0) is 16.1 Å². The summed E-state index contributed by atoms with van der Waals surface area (Å²) in [6.45, 7) is 3.94. The Hall–Kier alpha value is -2.38. The summed E-state index contributed by atoms with van der Waals surface area (Å²) >= 11 is 6.45. The Morgan fingerprint density at radius 2 is 1.69 bits per heavy atom. The van der Waals surface area contributed by atoms with Crippen LogP contribution >= 0.6 is 11.6 Å². The van der Waals surface area contributed by atoms with Crippen molar-refractivity contribution in [1.82, 2.24) is 19.6 Å². The molecule has 8 heteroatoms. The molecule has 0 N–H and O–H groups in total. The van der Waals surface area contributed by atoms with Gasteiger partial charge in [-0.15, -0.1) is 0 Å². The van der Waals surface area contributed by atoms with Gasteiger partial charge in [0.25, 0.3) is 5.91 Å². The van der Waals surface area contributed by atoms with Crippen molar-refractivity contribution in [2.45, 2.75) is 19.4 Å². The molecule has 0 spiro atoms. The average molecular weight is 417 g/mol. The number of ether oxygens (including phenoxy) is 1. The number of piperazine rings is 1. The van der Waals surface area contributed by atoms with Gasteiger partial charge in [-0.3, -0.25) is 9.59 Å². The van der Waals surface area contributed by atoms with Gasteiger partial charge in [0.05, 0.1) is 18.3 Å². The molecule has 2 aromatic rings. The van der Waals surface area contributed by atoms with Crippen LogP contribution in [0.1, 0.15) is 28.8 Å². The highest BCUT2D eigenvalue weighted by Gasteiger charge is 2.31. The summed E-state index contributed by atoms with van der Waals surface area (Å²) in [6.07, 6.45) is 3.11. The Morgan fingerprint density at radius 3 is 2.38 bits per heavy atom. The maximum atomic E-state index is 12.9. The van der Waals surface area contributed by atoms with Crippen molar-refractivity contribution in [1.29, 1.82) is 0 Å².